The minimum Gasteiger partial charge on any atom is -0.497 e. The van der Waals surface area contributed by atoms with Crippen LogP contribution in [0.15, 0.2) is 66.7 Å². The number of likely N-dealkylation sites (tertiary alicyclic amines) is 1. The second kappa shape index (κ2) is 15.8. The molecule has 0 spiro atoms. The Labute approximate surface area is 212 Å². The molecule has 1 unspecified atom stereocenters. The van der Waals surface area contributed by atoms with Gasteiger partial charge in [0.05, 0.1) is 19.6 Å². The van der Waals surface area contributed by atoms with Crippen LogP contribution in [0.2, 0.25) is 0 Å². The number of carbonyl (C=O) groups is 4. The predicted octanol–water partition coefficient (Wildman–Crippen LogP) is 3.76. The summed E-state index contributed by atoms with van der Waals surface area (Å²) >= 11 is 0. The molecule has 0 aliphatic carbocycles. The van der Waals surface area contributed by atoms with Crippen molar-refractivity contribution < 1.29 is 28.7 Å². The van der Waals surface area contributed by atoms with Crippen molar-refractivity contribution in [3.63, 3.8) is 0 Å². The Morgan fingerprint density at radius 3 is 1.75 bits per heavy atom. The van der Waals surface area contributed by atoms with Crippen LogP contribution in [0, 0.1) is 0 Å². The van der Waals surface area contributed by atoms with Crippen LogP contribution < -0.4 is 14.8 Å². The molecule has 2 heterocycles. The third-order valence-corrected chi connectivity index (χ3v) is 4.81. The molecule has 4 rings (SSSR count). The quantitative estimate of drug-likeness (QED) is 0.606. The van der Waals surface area contributed by atoms with Gasteiger partial charge >= 0.3 is 0 Å². The first-order chi connectivity index (χ1) is 17.4. The maximum Gasteiger partial charge on any atom is 0.255 e. The van der Waals surface area contributed by atoms with Gasteiger partial charge in [-0.25, -0.2) is 0 Å². The van der Waals surface area contributed by atoms with E-state index in [1.165, 1.54) is 0 Å². The number of rotatable bonds is 6. The predicted molar refractivity (Wildman–Crippen MR) is 137 cm³/mol. The lowest BCUT2D eigenvalue weighted by Crippen LogP contribution is -2.45. The molecular formula is C27H35N3O6. The van der Waals surface area contributed by atoms with Crippen molar-refractivity contribution in [3.8, 4) is 17.2 Å². The number of nitrogens with one attached hydrogen (secondary N) is 1. The fourth-order valence-corrected chi connectivity index (χ4v) is 3.04. The summed E-state index contributed by atoms with van der Waals surface area (Å²) in [6, 6.07) is 16.6. The Bertz CT molecular complexity index is 1000. The van der Waals surface area contributed by atoms with Crippen molar-refractivity contribution in [2.24, 2.45) is 0 Å². The highest BCUT2D eigenvalue weighted by Crippen LogP contribution is 2.23. The van der Waals surface area contributed by atoms with Crippen LogP contribution in [0.5, 0.6) is 17.2 Å². The van der Waals surface area contributed by atoms with Crippen LogP contribution >= 0.6 is 0 Å². The Morgan fingerprint density at radius 2 is 1.28 bits per heavy atom. The van der Waals surface area contributed by atoms with Crippen LogP contribution in [-0.2, 0) is 19.2 Å². The van der Waals surface area contributed by atoms with E-state index in [1.807, 2.05) is 82.3 Å². The highest BCUT2D eigenvalue weighted by atomic mass is 16.5. The van der Waals surface area contributed by atoms with E-state index in [9.17, 15) is 19.2 Å². The lowest BCUT2D eigenvalue weighted by Gasteiger charge is -2.21. The molecule has 1 saturated heterocycles. The third-order valence-electron chi connectivity index (χ3n) is 4.81. The molecule has 9 heteroatoms. The first-order valence-electron chi connectivity index (χ1n) is 11.8. The second-order valence-corrected chi connectivity index (χ2v) is 6.88. The molecule has 2 aliphatic rings. The largest absolute Gasteiger partial charge is 0.497 e. The first kappa shape index (κ1) is 30.1. The standard InChI is InChI=1S/C13H12O2.C10H11N3O4.2C2H6/c1-14-11-7-9-13(10-8-11)15-12-5-3-2-4-6-12;1-11-6-4-9(16)13(10(6)17)5-12-7(14)2-3-8(12)15;2*1-2/h2-10H,1H3;2-3,6,11H,4-5H2,1H3;2*1-2H3. The maximum absolute atomic E-state index is 11.7. The summed E-state index contributed by atoms with van der Waals surface area (Å²) < 4.78 is 10.7. The van der Waals surface area contributed by atoms with Crippen molar-refractivity contribution in [1.82, 2.24) is 15.1 Å². The minimum absolute atomic E-state index is 0.0545. The molecule has 2 aliphatic heterocycles. The van der Waals surface area contributed by atoms with Gasteiger partial charge in [0.2, 0.25) is 11.8 Å². The van der Waals surface area contributed by atoms with Gasteiger partial charge < -0.3 is 14.8 Å². The topological polar surface area (TPSA) is 105 Å². The lowest BCUT2D eigenvalue weighted by molar-refractivity contribution is -0.146. The van der Waals surface area contributed by atoms with E-state index in [1.54, 1.807) is 14.2 Å². The van der Waals surface area contributed by atoms with Crippen LogP contribution in [0.3, 0.4) is 0 Å². The average molecular weight is 498 g/mol. The summed E-state index contributed by atoms with van der Waals surface area (Å²) in [5.41, 5.74) is 0. The fourth-order valence-electron chi connectivity index (χ4n) is 3.04. The Morgan fingerprint density at radius 1 is 0.778 bits per heavy atom. The second-order valence-electron chi connectivity index (χ2n) is 6.88. The highest BCUT2D eigenvalue weighted by molar-refractivity contribution is 6.13. The van der Waals surface area contributed by atoms with E-state index < -0.39 is 23.8 Å². The summed E-state index contributed by atoms with van der Waals surface area (Å²) in [4.78, 5) is 47.6. The molecule has 9 nitrogen and oxygen atoms in total. The molecule has 36 heavy (non-hydrogen) atoms. The maximum atomic E-state index is 11.7. The molecule has 4 amide bonds. The van der Waals surface area contributed by atoms with Crippen molar-refractivity contribution in [1.29, 1.82) is 0 Å². The van der Waals surface area contributed by atoms with Crippen molar-refractivity contribution in [3.05, 3.63) is 66.7 Å². The molecular weight excluding hydrogens is 462 g/mol. The smallest absolute Gasteiger partial charge is 0.255 e. The number of carbonyl (C=O) groups excluding carboxylic acids is 4. The van der Waals surface area contributed by atoms with Crippen molar-refractivity contribution in [2.75, 3.05) is 20.8 Å². The number of benzene rings is 2. The number of nitrogens with zero attached hydrogens (tertiary/aromatic N) is 2. The van der Waals surface area contributed by atoms with E-state index in [0.29, 0.717) is 0 Å². The van der Waals surface area contributed by atoms with Gasteiger partial charge in [-0.05, 0) is 43.4 Å². The van der Waals surface area contributed by atoms with E-state index in [-0.39, 0.29) is 19.0 Å². The zero-order chi connectivity index (χ0) is 27.1. The highest BCUT2D eigenvalue weighted by Gasteiger charge is 2.40. The Hall–Kier alpha value is -3.98. The molecule has 194 valence electrons. The number of ether oxygens (including phenoxy) is 2. The number of hydrogen-bond donors (Lipinski definition) is 1. The van der Waals surface area contributed by atoms with E-state index in [4.69, 9.17) is 9.47 Å². The molecule has 1 atom stereocenters. The minimum atomic E-state index is -0.566. The Balaban J connectivity index is 0.000000318. The van der Waals surface area contributed by atoms with Crippen LogP contribution in [0.4, 0.5) is 0 Å². The number of para-hydroxylation sites is 1. The number of amides is 4. The molecule has 0 bridgehead atoms. The molecule has 0 radical (unpaired) electrons. The molecule has 1 fully saturated rings. The van der Waals surface area contributed by atoms with Gasteiger partial charge in [-0.15, -0.1) is 0 Å². The first-order valence-corrected chi connectivity index (χ1v) is 11.8. The summed E-state index contributed by atoms with van der Waals surface area (Å²) in [7, 11) is 3.22. The van der Waals surface area contributed by atoms with Gasteiger partial charge in [-0.1, -0.05) is 45.9 Å². The number of imide groups is 2. The van der Waals surface area contributed by atoms with E-state index in [0.717, 1.165) is 39.2 Å². The van der Waals surface area contributed by atoms with Crippen molar-refractivity contribution >= 4 is 23.6 Å². The molecule has 2 aromatic carbocycles. The van der Waals surface area contributed by atoms with E-state index >= 15 is 0 Å². The zero-order valence-corrected chi connectivity index (χ0v) is 21.7. The monoisotopic (exact) mass is 497 g/mol. The van der Waals surface area contributed by atoms with Gasteiger partial charge in [-0.3, -0.25) is 29.0 Å². The molecule has 2 aromatic rings. The molecule has 1 N–H and O–H groups in total. The van der Waals surface area contributed by atoms with Crippen LogP contribution in [0.1, 0.15) is 34.1 Å². The summed E-state index contributed by atoms with van der Waals surface area (Å²) in [5.74, 6) is 0.652. The zero-order valence-electron chi connectivity index (χ0n) is 21.7. The van der Waals surface area contributed by atoms with Crippen LogP contribution in [-0.4, -0.2) is 60.3 Å². The Kier molecular flexibility index (Phi) is 13.2. The SMILES string of the molecule is CC.CC.CNC1CC(=O)N(CN2C(=O)C=CC2=O)C1=O.COc1ccc(Oc2ccccc2)cc1. The number of methoxy groups -OCH3 is 1. The average Bonchev–Trinajstić information content (AvgIpc) is 3.40. The fraction of sp³-hybridized carbons (Fsp3) is 0.333. The van der Waals surface area contributed by atoms with Crippen molar-refractivity contribution in [2.45, 2.75) is 40.2 Å². The van der Waals surface area contributed by atoms with Gasteiger partial charge in [0, 0.05) is 12.2 Å². The third kappa shape index (κ3) is 8.35. The number of likely N-dealkylation sites (N-methyl/N-ethyl adjacent to an activating group) is 1. The van der Waals surface area contributed by atoms with Gasteiger partial charge in [0.1, 0.15) is 23.9 Å². The lowest BCUT2D eigenvalue weighted by atomic mass is 10.2. The summed E-state index contributed by atoms with van der Waals surface area (Å²) in [5, 5.41) is 2.71. The van der Waals surface area contributed by atoms with Gasteiger partial charge in [0.25, 0.3) is 11.8 Å². The van der Waals surface area contributed by atoms with Crippen LogP contribution in [0.25, 0.3) is 0 Å². The molecule has 0 saturated carbocycles. The summed E-state index contributed by atoms with van der Waals surface area (Å²) in [6.45, 7) is 7.69. The molecule has 0 aromatic heterocycles. The normalized spacial score (nSPS) is 15.9. The summed E-state index contributed by atoms with van der Waals surface area (Å²) in [6.07, 6.45) is 2.28. The van der Waals surface area contributed by atoms with E-state index in [2.05, 4.69) is 5.32 Å². The number of hydrogen-bond acceptors (Lipinski definition) is 7. The van der Waals surface area contributed by atoms with Gasteiger partial charge in [-0.2, -0.15) is 0 Å². The van der Waals surface area contributed by atoms with Gasteiger partial charge in [0.15, 0.2) is 0 Å².